The average molecular weight is 444 g/mol. The fraction of sp³-hybridized carbons (Fsp3) is 0.786. The quantitative estimate of drug-likeness (QED) is 0.483. The molecule has 1 aromatic rings. The van der Waals surface area contributed by atoms with Gasteiger partial charge in [0.25, 0.3) is 0 Å². The Morgan fingerprint density at radius 2 is 1.56 bits per heavy atom. The third-order valence-electron chi connectivity index (χ3n) is 7.53. The molecular formula is C28H45NO3. The molecule has 3 aliphatic rings. The largest absolute Gasteiger partial charge is 0.493 e. The highest BCUT2D eigenvalue weighted by Gasteiger charge is 2.37. The molecule has 0 amide bonds. The van der Waals surface area contributed by atoms with Crippen molar-refractivity contribution in [1.82, 2.24) is 0 Å². The van der Waals surface area contributed by atoms with E-state index < -0.39 is 0 Å². The summed E-state index contributed by atoms with van der Waals surface area (Å²) in [4.78, 5) is 2.48. The van der Waals surface area contributed by atoms with Gasteiger partial charge < -0.3 is 19.1 Å². The van der Waals surface area contributed by atoms with Crippen molar-refractivity contribution in [2.24, 2.45) is 17.3 Å². The number of benzene rings is 1. The monoisotopic (exact) mass is 443 g/mol. The molecule has 4 rings (SSSR count). The highest BCUT2D eigenvalue weighted by atomic mass is 16.5. The van der Waals surface area contributed by atoms with Gasteiger partial charge in [-0.3, -0.25) is 0 Å². The fourth-order valence-electron chi connectivity index (χ4n) is 5.31. The SMILES string of the molecule is CC(C)(C)OC1CC(OC2CCN(c3cccc(OCC4CC(C(C)(C)C)C4)c3)CC2)C1. The van der Waals surface area contributed by atoms with Crippen LogP contribution in [0.2, 0.25) is 0 Å². The smallest absolute Gasteiger partial charge is 0.121 e. The van der Waals surface area contributed by atoms with Gasteiger partial charge in [-0.2, -0.15) is 0 Å². The van der Waals surface area contributed by atoms with Crippen LogP contribution < -0.4 is 9.64 Å². The molecule has 1 aromatic carbocycles. The van der Waals surface area contributed by atoms with Crippen LogP contribution >= 0.6 is 0 Å². The Hall–Kier alpha value is -1.26. The zero-order valence-corrected chi connectivity index (χ0v) is 21.2. The van der Waals surface area contributed by atoms with Crippen LogP contribution in [0, 0.1) is 17.3 Å². The van der Waals surface area contributed by atoms with Gasteiger partial charge in [0.1, 0.15) is 5.75 Å². The minimum absolute atomic E-state index is 0.0496. The van der Waals surface area contributed by atoms with E-state index in [1.165, 1.54) is 18.5 Å². The van der Waals surface area contributed by atoms with Crippen LogP contribution in [0.3, 0.4) is 0 Å². The van der Waals surface area contributed by atoms with E-state index in [9.17, 15) is 0 Å². The van der Waals surface area contributed by atoms with Crippen molar-refractivity contribution >= 4 is 5.69 Å². The number of nitrogens with zero attached hydrogens (tertiary/aromatic N) is 1. The number of rotatable bonds is 7. The zero-order valence-electron chi connectivity index (χ0n) is 21.2. The average Bonchev–Trinajstić information content (AvgIpc) is 2.64. The molecule has 4 heteroatoms. The van der Waals surface area contributed by atoms with Crippen molar-refractivity contribution in [3.63, 3.8) is 0 Å². The molecule has 1 aliphatic heterocycles. The van der Waals surface area contributed by atoms with Crippen LogP contribution in [0.4, 0.5) is 5.69 Å². The van der Waals surface area contributed by atoms with Gasteiger partial charge in [-0.25, -0.2) is 0 Å². The molecule has 0 atom stereocenters. The molecule has 0 unspecified atom stereocenters. The van der Waals surface area contributed by atoms with Crippen LogP contribution in [0.5, 0.6) is 5.75 Å². The molecule has 2 saturated carbocycles. The fourth-order valence-corrected chi connectivity index (χ4v) is 5.31. The third kappa shape index (κ3) is 6.41. The Labute approximate surface area is 196 Å². The Kier molecular flexibility index (Phi) is 7.12. The molecule has 1 heterocycles. The van der Waals surface area contributed by atoms with Gasteiger partial charge >= 0.3 is 0 Å². The van der Waals surface area contributed by atoms with Crippen molar-refractivity contribution in [1.29, 1.82) is 0 Å². The maximum absolute atomic E-state index is 6.36. The lowest BCUT2D eigenvalue weighted by molar-refractivity contribution is -0.164. The van der Waals surface area contributed by atoms with E-state index in [1.807, 2.05) is 0 Å². The van der Waals surface area contributed by atoms with Gasteiger partial charge in [0.05, 0.1) is 30.5 Å². The van der Waals surface area contributed by atoms with Crippen molar-refractivity contribution in [3.8, 4) is 5.75 Å². The summed E-state index contributed by atoms with van der Waals surface area (Å²) < 4.78 is 18.6. The maximum Gasteiger partial charge on any atom is 0.121 e. The standard InChI is InChI=1S/C28H45NO3/c1-27(2,3)21-14-20(15-21)19-30-24-9-7-8-22(16-24)29-12-10-23(11-13-29)31-25-17-26(18-25)32-28(4,5)6/h7-9,16,20-21,23,25-26H,10-15,17-19H2,1-6H3. The highest BCUT2D eigenvalue weighted by Crippen LogP contribution is 2.45. The van der Waals surface area contributed by atoms with E-state index in [0.29, 0.717) is 23.7 Å². The van der Waals surface area contributed by atoms with Crippen LogP contribution in [0.25, 0.3) is 0 Å². The predicted octanol–water partition coefficient (Wildman–Crippen LogP) is 6.47. The molecule has 0 N–H and O–H groups in total. The molecule has 180 valence electrons. The summed E-state index contributed by atoms with van der Waals surface area (Å²) in [7, 11) is 0. The van der Waals surface area contributed by atoms with Crippen LogP contribution in [-0.4, -0.2) is 43.6 Å². The first-order valence-electron chi connectivity index (χ1n) is 12.9. The summed E-state index contributed by atoms with van der Waals surface area (Å²) in [5.74, 6) is 2.58. The third-order valence-corrected chi connectivity index (χ3v) is 7.53. The second kappa shape index (κ2) is 9.54. The van der Waals surface area contributed by atoms with E-state index >= 15 is 0 Å². The van der Waals surface area contributed by atoms with Gasteiger partial charge in [-0.15, -0.1) is 0 Å². The van der Waals surface area contributed by atoms with E-state index in [4.69, 9.17) is 14.2 Å². The predicted molar refractivity (Wildman–Crippen MR) is 132 cm³/mol. The Morgan fingerprint density at radius 1 is 0.875 bits per heavy atom. The first kappa shape index (κ1) is 23.9. The summed E-state index contributed by atoms with van der Waals surface area (Å²) in [5, 5.41) is 0. The Balaban J connectivity index is 1.16. The molecule has 0 radical (unpaired) electrons. The van der Waals surface area contributed by atoms with Gasteiger partial charge in [-0.1, -0.05) is 26.8 Å². The van der Waals surface area contributed by atoms with Gasteiger partial charge in [0, 0.05) is 24.8 Å². The summed E-state index contributed by atoms with van der Waals surface area (Å²) in [6.45, 7) is 16.4. The van der Waals surface area contributed by atoms with E-state index in [0.717, 1.165) is 63.0 Å². The summed E-state index contributed by atoms with van der Waals surface area (Å²) in [6.07, 6.45) is 8.07. The molecule has 2 aliphatic carbocycles. The molecule has 32 heavy (non-hydrogen) atoms. The summed E-state index contributed by atoms with van der Waals surface area (Å²) >= 11 is 0. The normalized spacial score (nSPS) is 29.4. The Morgan fingerprint density at radius 3 is 2.19 bits per heavy atom. The number of piperidine rings is 1. The number of hydrogen-bond acceptors (Lipinski definition) is 4. The van der Waals surface area contributed by atoms with Gasteiger partial charge in [-0.05, 0) is 88.7 Å². The number of anilines is 1. The van der Waals surface area contributed by atoms with Gasteiger partial charge in [0.15, 0.2) is 0 Å². The van der Waals surface area contributed by atoms with Crippen molar-refractivity contribution in [2.75, 3.05) is 24.6 Å². The van der Waals surface area contributed by atoms with Crippen molar-refractivity contribution < 1.29 is 14.2 Å². The summed E-state index contributed by atoms with van der Waals surface area (Å²) in [6, 6.07) is 8.68. The molecule has 0 aromatic heterocycles. The second-order valence-corrected chi connectivity index (χ2v) is 12.5. The molecule has 1 saturated heterocycles. The molecule has 0 spiro atoms. The summed E-state index contributed by atoms with van der Waals surface area (Å²) in [5.41, 5.74) is 1.67. The lowest BCUT2D eigenvalue weighted by Crippen LogP contribution is -2.45. The second-order valence-electron chi connectivity index (χ2n) is 12.5. The zero-order chi connectivity index (χ0) is 22.9. The van der Waals surface area contributed by atoms with Crippen LogP contribution in [0.1, 0.15) is 80.1 Å². The van der Waals surface area contributed by atoms with E-state index in [2.05, 4.69) is 70.7 Å². The first-order chi connectivity index (χ1) is 15.0. The van der Waals surface area contributed by atoms with Crippen molar-refractivity contribution in [3.05, 3.63) is 24.3 Å². The van der Waals surface area contributed by atoms with E-state index in [1.54, 1.807) is 0 Å². The number of hydrogen-bond donors (Lipinski definition) is 0. The number of ether oxygens (including phenoxy) is 3. The van der Waals surface area contributed by atoms with Crippen LogP contribution in [0.15, 0.2) is 24.3 Å². The van der Waals surface area contributed by atoms with Gasteiger partial charge in [0.2, 0.25) is 0 Å². The van der Waals surface area contributed by atoms with E-state index in [-0.39, 0.29) is 5.60 Å². The maximum atomic E-state index is 6.36. The lowest BCUT2D eigenvalue weighted by atomic mass is 9.63. The minimum Gasteiger partial charge on any atom is -0.493 e. The molecule has 3 fully saturated rings. The topological polar surface area (TPSA) is 30.9 Å². The lowest BCUT2D eigenvalue weighted by Gasteiger charge is -2.43. The minimum atomic E-state index is -0.0496. The molecular weight excluding hydrogens is 398 g/mol. The molecule has 4 nitrogen and oxygen atoms in total. The highest BCUT2D eigenvalue weighted by molar-refractivity contribution is 5.51. The first-order valence-corrected chi connectivity index (χ1v) is 12.9. The molecule has 0 bridgehead atoms. The Bertz CT molecular complexity index is 730. The van der Waals surface area contributed by atoms with Crippen molar-refractivity contribution in [2.45, 2.75) is 104 Å². The van der Waals surface area contributed by atoms with Crippen LogP contribution in [-0.2, 0) is 9.47 Å².